The molecular weight excluding hydrogens is 320 g/mol. The van der Waals surface area contributed by atoms with Crippen LogP contribution in [-0.2, 0) is 6.42 Å². The largest absolute Gasteiger partial charge is 0.465 e. The summed E-state index contributed by atoms with van der Waals surface area (Å²) in [6, 6.07) is 7.64. The number of hydrogen-bond acceptors (Lipinski definition) is 3. The number of benzene rings is 1. The van der Waals surface area contributed by atoms with Gasteiger partial charge in [-0.25, -0.2) is 9.78 Å². The van der Waals surface area contributed by atoms with Crippen molar-refractivity contribution >= 4 is 29.0 Å². The molecule has 1 aliphatic heterocycles. The van der Waals surface area contributed by atoms with E-state index in [4.69, 9.17) is 11.6 Å². The first-order valence-electron chi connectivity index (χ1n) is 7.32. The maximum Gasteiger partial charge on any atom is 0.407 e. The Kier molecular flexibility index (Phi) is 4.64. The summed E-state index contributed by atoms with van der Waals surface area (Å²) in [5.74, 6) is 0. The first-order chi connectivity index (χ1) is 10.6. The molecule has 6 heteroatoms. The minimum absolute atomic E-state index is 0.0959. The summed E-state index contributed by atoms with van der Waals surface area (Å²) in [5, 5.41) is 13.1. The third-order valence-electron chi connectivity index (χ3n) is 3.93. The highest BCUT2D eigenvalue weighted by molar-refractivity contribution is 7.09. The van der Waals surface area contributed by atoms with E-state index in [1.807, 2.05) is 29.6 Å². The first kappa shape index (κ1) is 15.3. The standard InChI is InChI=1S/C16H17ClN2O2S/c17-12-6-4-11(5-7-12)9-15-18-13(10-22-15)14-3-1-2-8-19(14)16(20)21/h4-7,10,14H,1-3,8-9H2,(H,20,21)/t14-/m1/s1. The Morgan fingerprint density at radius 1 is 1.36 bits per heavy atom. The lowest BCUT2D eigenvalue weighted by atomic mass is 10.0. The summed E-state index contributed by atoms with van der Waals surface area (Å²) in [4.78, 5) is 17.5. The molecule has 0 saturated carbocycles. The van der Waals surface area contributed by atoms with Gasteiger partial charge in [-0.2, -0.15) is 0 Å². The monoisotopic (exact) mass is 336 g/mol. The van der Waals surface area contributed by atoms with Gasteiger partial charge >= 0.3 is 6.09 Å². The first-order valence-corrected chi connectivity index (χ1v) is 8.57. The quantitative estimate of drug-likeness (QED) is 0.891. The van der Waals surface area contributed by atoms with Gasteiger partial charge in [0.25, 0.3) is 0 Å². The average Bonchev–Trinajstić information content (AvgIpc) is 2.98. The van der Waals surface area contributed by atoms with Crippen LogP contribution in [-0.4, -0.2) is 27.6 Å². The number of rotatable bonds is 3. The summed E-state index contributed by atoms with van der Waals surface area (Å²) < 4.78 is 0. The smallest absolute Gasteiger partial charge is 0.407 e. The molecule has 1 amide bonds. The highest BCUT2D eigenvalue weighted by Crippen LogP contribution is 2.32. The van der Waals surface area contributed by atoms with Crippen molar-refractivity contribution in [2.24, 2.45) is 0 Å². The van der Waals surface area contributed by atoms with Crippen LogP contribution in [0.4, 0.5) is 4.79 Å². The third kappa shape index (κ3) is 3.42. The van der Waals surface area contributed by atoms with Crippen LogP contribution in [0.25, 0.3) is 0 Å². The van der Waals surface area contributed by atoms with Crippen LogP contribution in [0.3, 0.4) is 0 Å². The summed E-state index contributed by atoms with van der Waals surface area (Å²) in [6.07, 6.45) is 2.75. The van der Waals surface area contributed by atoms with Crippen molar-refractivity contribution < 1.29 is 9.90 Å². The summed E-state index contributed by atoms with van der Waals surface area (Å²) in [5.41, 5.74) is 2.04. The van der Waals surface area contributed by atoms with Crippen molar-refractivity contribution in [3.8, 4) is 0 Å². The Morgan fingerprint density at radius 2 is 2.14 bits per heavy atom. The van der Waals surface area contributed by atoms with Gasteiger partial charge in [0.1, 0.15) is 0 Å². The van der Waals surface area contributed by atoms with E-state index >= 15 is 0 Å². The van der Waals surface area contributed by atoms with Crippen molar-refractivity contribution in [1.29, 1.82) is 0 Å². The molecule has 2 aromatic rings. The van der Waals surface area contributed by atoms with E-state index in [1.165, 1.54) is 4.90 Å². The lowest BCUT2D eigenvalue weighted by Gasteiger charge is -2.32. The number of carboxylic acid groups (broad SMARTS) is 1. The fourth-order valence-corrected chi connectivity index (χ4v) is 3.80. The molecule has 1 atom stereocenters. The molecule has 4 nitrogen and oxygen atoms in total. The predicted octanol–water partition coefficient (Wildman–Crippen LogP) is 4.59. The molecular formula is C16H17ClN2O2S. The zero-order valence-electron chi connectivity index (χ0n) is 12.0. The SMILES string of the molecule is O=C(O)N1CCCC[C@@H]1c1csc(Cc2ccc(Cl)cc2)n1. The van der Waals surface area contributed by atoms with Gasteiger partial charge in [-0.3, -0.25) is 4.90 Å². The number of thiazole rings is 1. The van der Waals surface area contributed by atoms with Crippen LogP contribution >= 0.6 is 22.9 Å². The molecule has 1 aliphatic rings. The van der Waals surface area contributed by atoms with E-state index in [2.05, 4.69) is 4.98 Å². The van der Waals surface area contributed by atoms with E-state index in [9.17, 15) is 9.90 Å². The third-order valence-corrected chi connectivity index (χ3v) is 5.05. The molecule has 0 aliphatic carbocycles. The van der Waals surface area contributed by atoms with Gasteiger partial charge in [-0.1, -0.05) is 23.7 Å². The number of amides is 1. The topological polar surface area (TPSA) is 53.4 Å². The average molecular weight is 337 g/mol. The van der Waals surface area contributed by atoms with Crippen molar-refractivity contribution in [2.45, 2.75) is 31.7 Å². The number of likely N-dealkylation sites (tertiary alicyclic amines) is 1. The Bertz CT molecular complexity index is 656. The zero-order chi connectivity index (χ0) is 15.5. The van der Waals surface area contributed by atoms with Gasteiger partial charge in [0.15, 0.2) is 0 Å². The van der Waals surface area contributed by atoms with Gasteiger partial charge in [-0.05, 0) is 37.0 Å². The Balaban J connectivity index is 1.75. The molecule has 0 unspecified atom stereocenters. The predicted molar refractivity (Wildman–Crippen MR) is 87.7 cm³/mol. The fourth-order valence-electron chi connectivity index (χ4n) is 2.80. The van der Waals surface area contributed by atoms with Gasteiger partial charge in [-0.15, -0.1) is 11.3 Å². The van der Waals surface area contributed by atoms with Crippen LogP contribution in [0, 0.1) is 0 Å². The summed E-state index contributed by atoms with van der Waals surface area (Å²) in [7, 11) is 0. The van der Waals surface area contributed by atoms with E-state index in [0.717, 1.165) is 47.0 Å². The molecule has 1 saturated heterocycles. The molecule has 22 heavy (non-hydrogen) atoms. The number of hydrogen-bond donors (Lipinski definition) is 1. The van der Waals surface area contributed by atoms with Crippen LogP contribution in [0.5, 0.6) is 0 Å². The molecule has 1 aromatic heterocycles. The highest BCUT2D eigenvalue weighted by Gasteiger charge is 2.29. The molecule has 2 heterocycles. The van der Waals surface area contributed by atoms with Gasteiger partial charge in [0, 0.05) is 23.4 Å². The Hall–Kier alpha value is -1.59. The summed E-state index contributed by atoms with van der Waals surface area (Å²) in [6.45, 7) is 0.601. The molecule has 1 fully saturated rings. The Labute approximate surface area is 138 Å². The lowest BCUT2D eigenvalue weighted by Crippen LogP contribution is -2.37. The van der Waals surface area contributed by atoms with Gasteiger partial charge < -0.3 is 5.11 Å². The number of carbonyl (C=O) groups is 1. The zero-order valence-corrected chi connectivity index (χ0v) is 13.6. The Morgan fingerprint density at radius 3 is 2.86 bits per heavy atom. The van der Waals surface area contributed by atoms with Crippen LogP contribution in [0.2, 0.25) is 5.02 Å². The van der Waals surface area contributed by atoms with Crippen molar-refractivity contribution in [2.75, 3.05) is 6.54 Å². The molecule has 0 radical (unpaired) electrons. The second-order valence-corrected chi connectivity index (χ2v) is 6.84. The maximum atomic E-state index is 11.4. The second-order valence-electron chi connectivity index (χ2n) is 5.46. The van der Waals surface area contributed by atoms with Crippen LogP contribution < -0.4 is 0 Å². The normalized spacial score (nSPS) is 18.4. The minimum atomic E-state index is -0.850. The van der Waals surface area contributed by atoms with Crippen molar-refractivity contribution in [1.82, 2.24) is 9.88 Å². The molecule has 0 spiro atoms. The van der Waals surface area contributed by atoms with Crippen molar-refractivity contribution in [3.05, 3.63) is 50.9 Å². The fraction of sp³-hybridized carbons (Fsp3) is 0.375. The number of nitrogens with zero attached hydrogens (tertiary/aromatic N) is 2. The molecule has 1 aromatic carbocycles. The summed E-state index contributed by atoms with van der Waals surface area (Å²) >= 11 is 7.48. The van der Waals surface area contributed by atoms with Gasteiger partial charge in [0.2, 0.25) is 0 Å². The number of piperidine rings is 1. The van der Waals surface area contributed by atoms with Crippen LogP contribution in [0.15, 0.2) is 29.6 Å². The van der Waals surface area contributed by atoms with Crippen molar-refractivity contribution in [3.63, 3.8) is 0 Å². The molecule has 1 N–H and O–H groups in total. The van der Waals surface area contributed by atoms with Crippen LogP contribution in [0.1, 0.15) is 41.6 Å². The lowest BCUT2D eigenvalue weighted by molar-refractivity contribution is 0.105. The maximum absolute atomic E-state index is 11.4. The minimum Gasteiger partial charge on any atom is -0.465 e. The van der Waals surface area contributed by atoms with E-state index in [0.29, 0.717) is 6.54 Å². The molecule has 116 valence electrons. The number of aromatic nitrogens is 1. The highest BCUT2D eigenvalue weighted by atomic mass is 35.5. The van der Waals surface area contributed by atoms with E-state index < -0.39 is 6.09 Å². The second kappa shape index (κ2) is 6.67. The van der Waals surface area contributed by atoms with E-state index in [1.54, 1.807) is 11.3 Å². The van der Waals surface area contributed by atoms with Gasteiger partial charge in [0.05, 0.1) is 16.7 Å². The molecule has 3 rings (SSSR count). The van der Waals surface area contributed by atoms with E-state index in [-0.39, 0.29) is 6.04 Å². The number of halogens is 1. The molecule has 0 bridgehead atoms.